The van der Waals surface area contributed by atoms with Crippen molar-refractivity contribution in [2.75, 3.05) is 6.26 Å². The van der Waals surface area contributed by atoms with Crippen LogP contribution in [0.25, 0.3) is 0 Å². The minimum atomic E-state index is -0.319. The van der Waals surface area contributed by atoms with Gasteiger partial charge in [-0.15, -0.1) is 0 Å². The lowest BCUT2D eigenvalue weighted by Crippen LogP contribution is -2.56. The van der Waals surface area contributed by atoms with Crippen molar-refractivity contribution in [3.05, 3.63) is 12.2 Å². The Morgan fingerprint density at radius 2 is 2.14 bits per heavy atom. The zero-order chi connectivity index (χ0) is 16.3. The molecule has 3 aliphatic rings. The monoisotopic (exact) mass is 340 g/mol. The average molecular weight is 341 g/mol. The molecule has 0 unspecified atom stereocenters. The first-order valence-corrected chi connectivity index (χ1v) is 9.46. The zero-order valence-electron chi connectivity index (χ0n) is 13.7. The number of thioether (sulfide) groups is 1. The van der Waals surface area contributed by atoms with Crippen LogP contribution in [0.2, 0.25) is 0 Å². The molecule has 3 rings (SSSR count). The summed E-state index contributed by atoms with van der Waals surface area (Å²) < 4.78 is 12.5. The van der Waals surface area contributed by atoms with E-state index >= 15 is 0 Å². The van der Waals surface area contributed by atoms with Crippen molar-refractivity contribution in [1.29, 1.82) is 0 Å². The molecule has 1 aliphatic heterocycles. The van der Waals surface area contributed by atoms with E-state index in [2.05, 4.69) is 27.4 Å². The van der Waals surface area contributed by atoms with E-state index in [9.17, 15) is 4.79 Å². The van der Waals surface area contributed by atoms with Crippen molar-refractivity contribution in [2.45, 2.75) is 57.8 Å². The Balaban J connectivity index is 1.94. The first-order chi connectivity index (χ1) is 10.2. The van der Waals surface area contributed by atoms with Gasteiger partial charge in [-0.05, 0) is 51.1 Å². The Morgan fingerprint density at radius 3 is 2.73 bits per heavy atom. The molecule has 0 aromatic rings. The van der Waals surface area contributed by atoms with Crippen molar-refractivity contribution >= 4 is 34.1 Å². The third-order valence-electron chi connectivity index (χ3n) is 6.03. The number of carbonyl (C=O) groups is 1. The number of hydrogen-bond acceptors (Lipinski definition) is 5. The maximum atomic E-state index is 12.4. The van der Waals surface area contributed by atoms with Gasteiger partial charge in [0.05, 0.1) is 0 Å². The van der Waals surface area contributed by atoms with E-state index in [-0.39, 0.29) is 29.0 Å². The summed E-state index contributed by atoms with van der Waals surface area (Å²) in [5.74, 6) is 0.939. The molecule has 0 N–H and O–H groups in total. The lowest BCUT2D eigenvalue weighted by molar-refractivity contribution is -0.134. The summed E-state index contributed by atoms with van der Waals surface area (Å²) in [7, 11) is 0. The lowest BCUT2D eigenvalue weighted by Gasteiger charge is -2.52. The number of epoxide rings is 1. The molecule has 0 radical (unpaired) electrons. The molecular weight excluding hydrogens is 316 g/mol. The first kappa shape index (κ1) is 16.5. The summed E-state index contributed by atoms with van der Waals surface area (Å²) in [4.78, 5) is 12.4. The lowest BCUT2D eigenvalue weighted by atomic mass is 9.53. The normalized spacial score (nSPS) is 46.5. The number of fused-ring (bicyclic) bond motifs is 3. The number of ketones is 1. The molecule has 2 aliphatic carbocycles. The van der Waals surface area contributed by atoms with E-state index in [1.54, 1.807) is 0 Å². The number of carbonyl (C=O) groups excluding carboxylic acids is 1. The summed E-state index contributed by atoms with van der Waals surface area (Å²) in [5, 5.41) is 0. The van der Waals surface area contributed by atoms with Gasteiger partial charge < -0.3 is 9.47 Å². The van der Waals surface area contributed by atoms with Crippen molar-refractivity contribution in [3.63, 3.8) is 0 Å². The summed E-state index contributed by atoms with van der Waals surface area (Å²) in [6.45, 7) is 10.5. The van der Waals surface area contributed by atoms with E-state index in [1.807, 2.05) is 6.26 Å². The Hall–Kier alpha value is -0.390. The maximum Gasteiger partial charge on any atom is 0.219 e. The smallest absolute Gasteiger partial charge is 0.219 e. The van der Waals surface area contributed by atoms with Gasteiger partial charge in [0.15, 0.2) is 5.78 Å². The molecule has 6 atom stereocenters. The SMILES string of the molecule is C=C(C)[C@H]1C[C@@H](OC(=S)SC)[C@]2(C)CC(=O)[C@@H]3O[C@]3(C)[C@H]2C1. The van der Waals surface area contributed by atoms with Crippen LogP contribution < -0.4 is 0 Å². The number of thiocarbonyl (C=S) groups is 1. The fraction of sp³-hybridized carbons (Fsp3) is 0.765. The van der Waals surface area contributed by atoms with Crippen molar-refractivity contribution in [2.24, 2.45) is 17.3 Å². The van der Waals surface area contributed by atoms with Crippen molar-refractivity contribution in [3.8, 4) is 0 Å². The molecule has 1 heterocycles. The van der Waals surface area contributed by atoms with Gasteiger partial charge in [-0.1, -0.05) is 30.8 Å². The van der Waals surface area contributed by atoms with Gasteiger partial charge in [-0.25, -0.2) is 0 Å². The molecule has 0 aromatic carbocycles. The number of Topliss-reactive ketones (excluding diaryl/α,β-unsaturated/α-hetero) is 1. The Labute approximate surface area is 142 Å². The quantitative estimate of drug-likeness (QED) is 0.435. The molecule has 0 amide bonds. The van der Waals surface area contributed by atoms with Crippen molar-refractivity contribution in [1.82, 2.24) is 0 Å². The second-order valence-electron chi connectivity index (χ2n) is 7.46. The number of allylic oxidation sites excluding steroid dienone is 1. The van der Waals surface area contributed by atoms with Gasteiger partial charge in [-0.2, -0.15) is 0 Å². The van der Waals surface area contributed by atoms with Crippen LogP contribution in [-0.2, 0) is 14.3 Å². The van der Waals surface area contributed by atoms with Gasteiger partial charge in [-0.3, -0.25) is 4.79 Å². The largest absolute Gasteiger partial charge is 0.475 e. The van der Waals surface area contributed by atoms with Crippen LogP contribution in [-0.4, -0.2) is 34.2 Å². The highest BCUT2D eigenvalue weighted by molar-refractivity contribution is 8.22. The molecule has 3 nitrogen and oxygen atoms in total. The van der Waals surface area contributed by atoms with Crippen LogP contribution in [0.1, 0.15) is 40.0 Å². The zero-order valence-corrected chi connectivity index (χ0v) is 15.3. The van der Waals surface area contributed by atoms with E-state index < -0.39 is 0 Å². The fourth-order valence-corrected chi connectivity index (χ4v) is 4.94. The van der Waals surface area contributed by atoms with Crippen LogP contribution >= 0.6 is 24.0 Å². The Bertz CT molecular complexity index is 546. The number of hydrogen-bond donors (Lipinski definition) is 0. The van der Waals surface area contributed by atoms with Crippen LogP contribution in [0, 0.1) is 17.3 Å². The van der Waals surface area contributed by atoms with Crippen LogP contribution in [0.15, 0.2) is 12.2 Å². The third kappa shape index (κ3) is 2.36. The topological polar surface area (TPSA) is 38.8 Å². The minimum absolute atomic E-state index is 0.0428. The van der Waals surface area contributed by atoms with Gasteiger partial charge in [0.2, 0.25) is 4.38 Å². The van der Waals surface area contributed by atoms with Crippen LogP contribution in [0.3, 0.4) is 0 Å². The van der Waals surface area contributed by atoms with Gasteiger partial charge in [0.1, 0.15) is 17.8 Å². The highest BCUT2D eigenvalue weighted by Gasteiger charge is 2.72. The fourth-order valence-electron chi connectivity index (χ4n) is 4.62. The molecule has 0 bridgehead atoms. The van der Waals surface area contributed by atoms with E-state index in [4.69, 9.17) is 21.7 Å². The van der Waals surface area contributed by atoms with E-state index in [1.165, 1.54) is 17.3 Å². The van der Waals surface area contributed by atoms with Crippen LogP contribution in [0.5, 0.6) is 0 Å². The minimum Gasteiger partial charge on any atom is -0.475 e. The predicted octanol–water partition coefficient (Wildman–Crippen LogP) is 3.76. The molecule has 0 aromatic heterocycles. The van der Waals surface area contributed by atoms with Crippen LogP contribution in [0.4, 0.5) is 0 Å². The molecule has 5 heteroatoms. The second kappa shape index (κ2) is 5.32. The summed E-state index contributed by atoms with van der Waals surface area (Å²) >= 11 is 6.73. The molecular formula is C17H24O3S2. The van der Waals surface area contributed by atoms with Crippen molar-refractivity contribution < 1.29 is 14.3 Å². The van der Waals surface area contributed by atoms with Gasteiger partial charge in [0, 0.05) is 17.8 Å². The standard InChI is InChI=1S/C17H24O3S2/c1-9(2)10-6-12-16(3,13(7-10)19-15(21)22-5)8-11(18)14-17(12,4)20-14/h10,12-14H,1,6-8H2,2-5H3/t10-,12+,13-,14+,16-,17-/m1/s1. The Morgan fingerprint density at radius 1 is 1.45 bits per heavy atom. The first-order valence-electron chi connectivity index (χ1n) is 7.83. The number of ether oxygens (including phenoxy) is 2. The summed E-state index contributed by atoms with van der Waals surface area (Å²) in [6, 6.07) is 0. The van der Waals surface area contributed by atoms with Gasteiger partial charge in [0.25, 0.3) is 0 Å². The maximum absolute atomic E-state index is 12.4. The predicted molar refractivity (Wildman–Crippen MR) is 93.0 cm³/mol. The third-order valence-corrected chi connectivity index (χ3v) is 7.05. The molecule has 3 fully saturated rings. The Kier molecular flexibility index (Phi) is 3.98. The molecule has 22 heavy (non-hydrogen) atoms. The average Bonchev–Trinajstić information content (AvgIpc) is 3.13. The molecule has 122 valence electrons. The van der Waals surface area contributed by atoms with Gasteiger partial charge >= 0.3 is 0 Å². The summed E-state index contributed by atoms with van der Waals surface area (Å²) in [6.07, 6.45) is 4.12. The molecule has 0 spiro atoms. The molecule has 2 saturated carbocycles. The highest BCUT2D eigenvalue weighted by Crippen LogP contribution is 2.63. The summed E-state index contributed by atoms with van der Waals surface area (Å²) in [5.41, 5.74) is 0.661. The van der Waals surface area contributed by atoms with E-state index in [0.29, 0.717) is 22.6 Å². The number of rotatable bonds is 2. The second-order valence-corrected chi connectivity index (χ2v) is 8.87. The molecule has 1 saturated heterocycles. The highest BCUT2D eigenvalue weighted by atomic mass is 32.2. The van der Waals surface area contributed by atoms with E-state index in [0.717, 1.165) is 12.8 Å².